The van der Waals surface area contributed by atoms with Crippen molar-refractivity contribution < 1.29 is 33.2 Å². The molecule has 2 aliphatic heterocycles. The first-order valence-electron chi connectivity index (χ1n) is 10.7. The predicted octanol–water partition coefficient (Wildman–Crippen LogP) is 3.46. The van der Waals surface area contributed by atoms with Crippen LogP contribution in [0.4, 0.5) is 0 Å². The molecule has 0 aromatic rings. The second-order valence-corrected chi connectivity index (χ2v) is 9.89. The highest BCUT2D eigenvalue weighted by molar-refractivity contribution is 14.1. The Morgan fingerprint density at radius 3 is 2.59 bits per heavy atom. The van der Waals surface area contributed by atoms with Crippen LogP contribution in [0.25, 0.3) is 0 Å². The maximum Gasteiger partial charge on any atom is 0.305 e. The average molecular weight is 526 g/mol. The fourth-order valence-corrected chi connectivity index (χ4v) is 5.70. The van der Waals surface area contributed by atoms with E-state index in [0.29, 0.717) is 12.3 Å². The second kappa shape index (κ2) is 11.6. The first-order valence-corrected chi connectivity index (χ1v) is 12.0. The van der Waals surface area contributed by atoms with E-state index in [0.717, 1.165) is 51.6 Å². The quantitative estimate of drug-likeness (QED) is 0.197. The van der Waals surface area contributed by atoms with Crippen molar-refractivity contribution in [2.75, 3.05) is 27.9 Å². The van der Waals surface area contributed by atoms with Crippen molar-refractivity contribution in [2.24, 2.45) is 11.8 Å². The van der Waals surface area contributed by atoms with Crippen molar-refractivity contribution in [3.05, 3.63) is 0 Å². The summed E-state index contributed by atoms with van der Waals surface area (Å²) in [5, 5.41) is 0. The Morgan fingerprint density at radius 2 is 1.93 bits per heavy atom. The number of halogens is 1. The Kier molecular flexibility index (Phi) is 9.44. The van der Waals surface area contributed by atoms with Crippen LogP contribution < -0.4 is 0 Å². The Balaban J connectivity index is 1.61. The van der Waals surface area contributed by atoms with Gasteiger partial charge in [-0.3, -0.25) is 4.79 Å². The van der Waals surface area contributed by atoms with Crippen LogP contribution in [0.5, 0.6) is 0 Å². The number of carbonyl (C=O) groups is 1. The Labute approximate surface area is 187 Å². The van der Waals surface area contributed by atoms with E-state index in [1.165, 1.54) is 7.11 Å². The standard InChI is InChI=1S/C21H35IO7/c1-24-19(23)8-7-15(22)18-11-13-10-14(21(25-2)26-3)17(12-16(13)28-18)29-20-6-4-5-9-27-20/h13-18,20-21H,4-12H2,1-3H3. The zero-order chi connectivity index (χ0) is 20.8. The van der Waals surface area contributed by atoms with Gasteiger partial charge in [0.25, 0.3) is 0 Å². The lowest BCUT2D eigenvalue weighted by molar-refractivity contribution is -0.246. The van der Waals surface area contributed by atoms with Crippen LogP contribution in [0.2, 0.25) is 0 Å². The smallest absolute Gasteiger partial charge is 0.305 e. The fourth-order valence-electron chi connectivity index (χ4n) is 4.92. The molecule has 2 saturated heterocycles. The molecule has 168 valence electrons. The number of ether oxygens (including phenoxy) is 6. The van der Waals surface area contributed by atoms with Gasteiger partial charge in [0.05, 0.1) is 25.4 Å². The molecule has 0 aromatic carbocycles. The maximum absolute atomic E-state index is 11.5. The molecule has 8 heteroatoms. The lowest BCUT2D eigenvalue weighted by Gasteiger charge is -2.42. The van der Waals surface area contributed by atoms with Crippen LogP contribution in [-0.2, 0) is 33.2 Å². The van der Waals surface area contributed by atoms with Crippen molar-refractivity contribution in [3.8, 4) is 0 Å². The molecule has 7 unspecified atom stereocenters. The van der Waals surface area contributed by atoms with E-state index in [1.807, 2.05) is 0 Å². The van der Waals surface area contributed by atoms with Crippen molar-refractivity contribution in [1.29, 1.82) is 0 Å². The van der Waals surface area contributed by atoms with Gasteiger partial charge in [0.15, 0.2) is 12.6 Å². The van der Waals surface area contributed by atoms with Crippen molar-refractivity contribution in [1.82, 2.24) is 0 Å². The predicted molar refractivity (Wildman–Crippen MR) is 115 cm³/mol. The molecule has 0 bridgehead atoms. The normalized spacial score (nSPS) is 36.0. The molecule has 7 nitrogen and oxygen atoms in total. The summed E-state index contributed by atoms with van der Waals surface area (Å²) in [4.78, 5) is 11.5. The lowest BCUT2D eigenvalue weighted by Crippen LogP contribution is -2.46. The summed E-state index contributed by atoms with van der Waals surface area (Å²) in [6, 6.07) is 0. The van der Waals surface area contributed by atoms with E-state index < -0.39 is 0 Å². The molecule has 2 heterocycles. The topological polar surface area (TPSA) is 72.5 Å². The third kappa shape index (κ3) is 6.26. The molecule has 3 fully saturated rings. The molecule has 29 heavy (non-hydrogen) atoms. The van der Waals surface area contributed by atoms with E-state index in [1.54, 1.807) is 14.2 Å². The minimum Gasteiger partial charge on any atom is -0.469 e. The molecule has 3 aliphatic rings. The molecule has 0 aromatic heterocycles. The minimum atomic E-state index is -0.293. The second-order valence-electron chi connectivity index (χ2n) is 8.29. The van der Waals surface area contributed by atoms with E-state index in [-0.39, 0.29) is 46.7 Å². The highest BCUT2D eigenvalue weighted by atomic mass is 127. The number of methoxy groups -OCH3 is 3. The number of hydrogen-bond donors (Lipinski definition) is 0. The Hall–Kier alpha value is -0.0000000000000000694. The van der Waals surface area contributed by atoms with Gasteiger partial charge in [0.2, 0.25) is 0 Å². The molecule has 1 saturated carbocycles. The summed E-state index contributed by atoms with van der Waals surface area (Å²) in [6.07, 6.45) is 7.06. The highest BCUT2D eigenvalue weighted by Crippen LogP contribution is 2.45. The van der Waals surface area contributed by atoms with E-state index in [4.69, 9.17) is 28.4 Å². The van der Waals surface area contributed by atoms with Gasteiger partial charge in [-0.05, 0) is 44.4 Å². The van der Waals surface area contributed by atoms with Gasteiger partial charge in [-0.2, -0.15) is 0 Å². The SMILES string of the molecule is COC(=O)CCC(I)C1CC2CC(C(OC)OC)C(OC3CCCCO3)CC2O1. The zero-order valence-electron chi connectivity index (χ0n) is 17.7. The van der Waals surface area contributed by atoms with E-state index in [9.17, 15) is 4.79 Å². The number of hydrogen-bond acceptors (Lipinski definition) is 7. The Morgan fingerprint density at radius 1 is 1.14 bits per heavy atom. The Bertz CT molecular complexity index is 509. The fraction of sp³-hybridized carbons (Fsp3) is 0.952. The summed E-state index contributed by atoms with van der Waals surface area (Å²) in [5.41, 5.74) is 0. The molecule has 3 rings (SSSR count). The van der Waals surface area contributed by atoms with E-state index >= 15 is 0 Å². The van der Waals surface area contributed by atoms with Crippen LogP contribution in [0.15, 0.2) is 0 Å². The summed E-state index contributed by atoms with van der Waals surface area (Å²) in [6.45, 7) is 0.765. The van der Waals surface area contributed by atoms with Crippen molar-refractivity contribution in [2.45, 2.75) is 86.2 Å². The molecule has 1 aliphatic carbocycles. The van der Waals surface area contributed by atoms with Crippen LogP contribution in [0.3, 0.4) is 0 Å². The first-order chi connectivity index (χ1) is 14.0. The molecule has 0 radical (unpaired) electrons. The number of esters is 1. The number of alkyl halides is 1. The van der Waals surface area contributed by atoms with Gasteiger partial charge in [0, 0.05) is 43.5 Å². The molecular formula is C21H35IO7. The number of rotatable bonds is 9. The first kappa shape index (κ1) is 23.7. The van der Waals surface area contributed by atoms with Crippen LogP contribution >= 0.6 is 22.6 Å². The van der Waals surface area contributed by atoms with Gasteiger partial charge < -0.3 is 28.4 Å². The minimum absolute atomic E-state index is 0.00858. The van der Waals surface area contributed by atoms with Gasteiger partial charge in [-0.25, -0.2) is 0 Å². The highest BCUT2D eigenvalue weighted by Gasteiger charge is 2.48. The summed E-state index contributed by atoms with van der Waals surface area (Å²) >= 11 is 2.42. The molecule has 0 N–H and O–H groups in total. The molecule has 0 amide bonds. The summed E-state index contributed by atoms with van der Waals surface area (Å²) in [5.74, 6) is 0.452. The van der Waals surface area contributed by atoms with Gasteiger partial charge in [0.1, 0.15) is 0 Å². The maximum atomic E-state index is 11.5. The van der Waals surface area contributed by atoms with Crippen LogP contribution in [0, 0.1) is 11.8 Å². The largest absolute Gasteiger partial charge is 0.469 e. The summed E-state index contributed by atoms with van der Waals surface area (Å²) in [7, 11) is 4.82. The average Bonchev–Trinajstić information content (AvgIpc) is 3.16. The van der Waals surface area contributed by atoms with Crippen LogP contribution in [-0.4, -0.2) is 68.7 Å². The zero-order valence-corrected chi connectivity index (χ0v) is 19.9. The number of carbonyl (C=O) groups excluding carboxylic acids is 1. The van der Waals surface area contributed by atoms with Crippen LogP contribution in [0.1, 0.15) is 51.4 Å². The van der Waals surface area contributed by atoms with E-state index in [2.05, 4.69) is 22.6 Å². The van der Waals surface area contributed by atoms with Crippen molar-refractivity contribution >= 4 is 28.6 Å². The monoisotopic (exact) mass is 526 g/mol. The third-order valence-corrected chi connectivity index (χ3v) is 7.89. The molecule has 7 atom stereocenters. The number of fused-ring (bicyclic) bond motifs is 1. The summed E-state index contributed by atoms with van der Waals surface area (Å²) < 4.78 is 35.0. The third-order valence-electron chi connectivity index (χ3n) is 6.46. The van der Waals surface area contributed by atoms with Gasteiger partial charge in [-0.15, -0.1) is 0 Å². The molecular weight excluding hydrogens is 491 g/mol. The van der Waals surface area contributed by atoms with Gasteiger partial charge >= 0.3 is 5.97 Å². The van der Waals surface area contributed by atoms with Crippen molar-refractivity contribution in [3.63, 3.8) is 0 Å². The molecule has 0 spiro atoms. The van der Waals surface area contributed by atoms with Gasteiger partial charge in [-0.1, -0.05) is 22.6 Å². The lowest BCUT2D eigenvalue weighted by atomic mass is 9.76.